The second-order valence-electron chi connectivity index (χ2n) is 6.57. The molecule has 4 heteroatoms. The molecule has 2 aromatic heterocycles. The van der Waals surface area contributed by atoms with Gasteiger partial charge >= 0.3 is 0 Å². The van der Waals surface area contributed by atoms with E-state index in [2.05, 4.69) is 22.6 Å². The number of pyridine rings is 2. The van der Waals surface area contributed by atoms with Crippen LogP contribution in [0.5, 0.6) is 0 Å². The zero-order chi connectivity index (χ0) is 18.4. The molecule has 0 aliphatic heterocycles. The molecule has 4 aromatic rings. The molecule has 1 aliphatic rings. The summed E-state index contributed by atoms with van der Waals surface area (Å²) in [4.78, 5) is 7.69. The Labute approximate surface area is 162 Å². The summed E-state index contributed by atoms with van der Waals surface area (Å²) in [6.07, 6.45) is 3.58. The lowest BCUT2D eigenvalue weighted by atomic mass is 9.90. The average Bonchev–Trinajstić information content (AvgIpc) is 2.96. The van der Waals surface area contributed by atoms with E-state index >= 15 is 0 Å². The highest BCUT2D eigenvalue weighted by atomic mass is 32.1. The van der Waals surface area contributed by atoms with E-state index in [9.17, 15) is 5.11 Å². The fourth-order valence-electron chi connectivity index (χ4n) is 3.78. The minimum Gasteiger partial charge on any atom is -0.371 e. The van der Waals surface area contributed by atoms with Gasteiger partial charge in [0.05, 0.1) is 11.4 Å². The van der Waals surface area contributed by atoms with Crippen LogP contribution in [-0.4, -0.2) is 15.1 Å². The first-order valence-electron chi connectivity index (χ1n) is 8.73. The second-order valence-corrected chi connectivity index (χ2v) is 7.22. The van der Waals surface area contributed by atoms with Crippen molar-refractivity contribution in [1.82, 2.24) is 9.97 Å². The van der Waals surface area contributed by atoms with Crippen LogP contribution in [-0.2, 0) is 4.93 Å². The molecule has 3 nitrogen and oxygen atoms in total. The maximum Gasteiger partial charge on any atom is 0.163 e. The van der Waals surface area contributed by atoms with Crippen LogP contribution in [0, 0.1) is 0 Å². The maximum absolute atomic E-state index is 11.4. The van der Waals surface area contributed by atoms with Crippen molar-refractivity contribution in [2.75, 3.05) is 0 Å². The van der Waals surface area contributed by atoms with Gasteiger partial charge in [0, 0.05) is 34.6 Å². The van der Waals surface area contributed by atoms with Gasteiger partial charge in [-0.1, -0.05) is 66.7 Å². The van der Waals surface area contributed by atoms with Crippen molar-refractivity contribution in [1.29, 1.82) is 0 Å². The summed E-state index contributed by atoms with van der Waals surface area (Å²) in [6.45, 7) is 0. The van der Waals surface area contributed by atoms with Crippen molar-refractivity contribution in [2.45, 2.75) is 4.93 Å². The Bertz CT molecular complexity index is 1140. The maximum atomic E-state index is 11.4. The van der Waals surface area contributed by atoms with Gasteiger partial charge in [-0.2, -0.15) is 0 Å². The molecule has 0 fully saturated rings. The Balaban J connectivity index is 1.90. The summed E-state index contributed by atoms with van der Waals surface area (Å²) in [6, 6.07) is 23.8. The summed E-state index contributed by atoms with van der Waals surface area (Å²) in [5.74, 6) is 0. The quantitative estimate of drug-likeness (QED) is 0.390. The molecule has 5 rings (SSSR count). The number of nitrogens with zero attached hydrogens (tertiary/aromatic N) is 2. The van der Waals surface area contributed by atoms with Gasteiger partial charge in [-0.3, -0.25) is 9.97 Å². The van der Waals surface area contributed by atoms with Crippen LogP contribution >= 0.6 is 12.6 Å². The summed E-state index contributed by atoms with van der Waals surface area (Å²) >= 11 is 4.66. The highest BCUT2D eigenvalue weighted by Crippen LogP contribution is 2.53. The minimum atomic E-state index is -1.46. The number of aliphatic hydroxyl groups is 1. The van der Waals surface area contributed by atoms with E-state index in [1.54, 1.807) is 6.20 Å². The van der Waals surface area contributed by atoms with Crippen LogP contribution in [0.3, 0.4) is 0 Å². The fourth-order valence-corrected chi connectivity index (χ4v) is 4.18. The Hall–Kier alpha value is -2.95. The number of hydrogen-bond acceptors (Lipinski definition) is 4. The van der Waals surface area contributed by atoms with Crippen molar-refractivity contribution in [2.24, 2.45) is 0 Å². The lowest BCUT2D eigenvalue weighted by molar-refractivity contribution is 0.189. The van der Waals surface area contributed by atoms with Crippen molar-refractivity contribution in [3.05, 3.63) is 96.3 Å². The predicted octanol–water partition coefficient (Wildman–Crippen LogP) is 4.91. The van der Waals surface area contributed by atoms with Gasteiger partial charge in [0.15, 0.2) is 4.93 Å². The first kappa shape index (κ1) is 16.2. The van der Waals surface area contributed by atoms with E-state index in [1.165, 1.54) is 0 Å². The van der Waals surface area contributed by atoms with Gasteiger partial charge in [-0.15, -0.1) is 12.6 Å². The molecule has 0 amide bonds. The first-order valence-corrected chi connectivity index (χ1v) is 9.17. The van der Waals surface area contributed by atoms with Gasteiger partial charge in [0.1, 0.15) is 0 Å². The zero-order valence-corrected chi connectivity index (χ0v) is 15.3. The number of rotatable bonds is 2. The van der Waals surface area contributed by atoms with Crippen LogP contribution in [0.1, 0.15) is 11.1 Å². The number of fused-ring (bicyclic) bond motifs is 3. The van der Waals surface area contributed by atoms with E-state index in [0.717, 1.165) is 22.3 Å². The summed E-state index contributed by atoms with van der Waals surface area (Å²) in [5.41, 5.74) is 6.66. The number of thiol groups is 1. The van der Waals surface area contributed by atoms with E-state index in [0.29, 0.717) is 22.5 Å². The molecule has 0 saturated heterocycles. The summed E-state index contributed by atoms with van der Waals surface area (Å²) in [5, 5.41) is 11.4. The van der Waals surface area contributed by atoms with Crippen LogP contribution < -0.4 is 0 Å². The predicted molar refractivity (Wildman–Crippen MR) is 110 cm³/mol. The smallest absolute Gasteiger partial charge is 0.163 e. The van der Waals surface area contributed by atoms with Gasteiger partial charge in [-0.25, -0.2) is 0 Å². The fraction of sp³-hybridized carbons (Fsp3) is 0.0435. The summed E-state index contributed by atoms with van der Waals surface area (Å²) in [7, 11) is 0. The van der Waals surface area contributed by atoms with Gasteiger partial charge in [0.25, 0.3) is 0 Å². The highest BCUT2D eigenvalue weighted by Gasteiger charge is 2.43. The average molecular weight is 368 g/mol. The normalized spacial score (nSPS) is 17.4. The lowest BCUT2D eigenvalue weighted by Crippen LogP contribution is -2.18. The van der Waals surface area contributed by atoms with E-state index in [4.69, 9.17) is 0 Å². The molecule has 1 N–H and O–H groups in total. The molecule has 1 atom stereocenters. The number of benzene rings is 2. The molecular weight excluding hydrogens is 352 g/mol. The Kier molecular flexibility index (Phi) is 3.64. The van der Waals surface area contributed by atoms with E-state index < -0.39 is 4.93 Å². The third-order valence-electron chi connectivity index (χ3n) is 4.98. The van der Waals surface area contributed by atoms with Gasteiger partial charge in [-0.05, 0) is 17.2 Å². The molecule has 27 heavy (non-hydrogen) atoms. The Morgan fingerprint density at radius 2 is 1.41 bits per heavy atom. The van der Waals surface area contributed by atoms with Gasteiger partial charge in [0.2, 0.25) is 0 Å². The lowest BCUT2D eigenvalue weighted by Gasteiger charge is -2.23. The first-order chi connectivity index (χ1) is 13.2. The number of hydrogen-bond donors (Lipinski definition) is 2. The molecule has 2 heterocycles. The van der Waals surface area contributed by atoms with Crippen molar-refractivity contribution < 1.29 is 5.11 Å². The van der Waals surface area contributed by atoms with Crippen LogP contribution in [0.4, 0.5) is 0 Å². The SMILES string of the molecule is OC1(S)c2cccnc2-c2ncc(-c3ccccc3)c(-c3ccccc3)c21. The summed E-state index contributed by atoms with van der Waals surface area (Å²) < 4.78 is 0. The topological polar surface area (TPSA) is 46.0 Å². The zero-order valence-electron chi connectivity index (χ0n) is 14.4. The second kappa shape index (κ2) is 6.05. The Morgan fingerprint density at radius 1 is 0.741 bits per heavy atom. The Morgan fingerprint density at radius 3 is 2.11 bits per heavy atom. The third kappa shape index (κ3) is 2.41. The van der Waals surface area contributed by atoms with Crippen molar-refractivity contribution >= 4 is 12.6 Å². The minimum absolute atomic E-state index is 0.665. The third-order valence-corrected chi connectivity index (χ3v) is 5.45. The van der Waals surface area contributed by atoms with E-state index in [1.807, 2.05) is 79.0 Å². The molecule has 0 saturated carbocycles. The monoisotopic (exact) mass is 368 g/mol. The molecule has 0 radical (unpaired) electrons. The van der Waals surface area contributed by atoms with Gasteiger partial charge < -0.3 is 5.11 Å². The van der Waals surface area contributed by atoms with Crippen LogP contribution in [0.15, 0.2) is 85.2 Å². The van der Waals surface area contributed by atoms with Crippen molar-refractivity contribution in [3.8, 4) is 33.6 Å². The van der Waals surface area contributed by atoms with Crippen LogP contribution in [0.25, 0.3) is 33.6 Å². The number of aromatic nitrogens is 2. The molecule has 1 aliphatic carbocycles. The largest absolute Gasteiger partial charge is 0.371 e. The molecular formula is C23H16N2OS. The molecule has 0 spiro atoms. The van der Waals surface area contributed by atoms with Crippen molar-refractivity contribution in [3.63, 3.8) is 0 Å². The molecule has 1 unspecified atom stereocenters. The molecule has 130 valence electrons. The molecule has 2 aromatic carbocycles. The highest BCUT2D eigenvalue weighted by molar-refractivity contribution is 7.81. The molecule has 0 bridgehead atoms. The van der Waals surface area contributed by atoms with Crippen LogP contribution in [0.2, 0.25) is 0 Å². The van der Waals surface area contributed by atoms with E-state index in [-0.39, 0.29) is 0 Å². The standard InChI is InChI=1S/C23H16N2OS/c26-23(27)18-12-7-13-24-21(18)22-20(23)19(16-10-5-2-6-11-16)17(14-25-22)15-8-3-1-4-9-15/h1-14,26-27H.